The van der Waals surface area contributed by atoms with Crippen molar-refractivity contribution in [1.82, 2.24) is 19.7 Å². The van der Waals surface area contributed by atoms with Crippen molar-refractivity contribution < 1.29 is 14.3 Å². The second-order valence-electron chi connectivity index (χ2n) is 4.80. The molecule has 0 amide bonds. The summed E-state index contributed by atoms with van der Waals surface area (Å²) in [5, 5.41) is 6.13. The van der Waals surface area contributed by atoms with Gasteiger partial charge in [0.2, 0.25) is 5.82 Å². The zero-order chi connectivity index (χ0) is 15.7. The van der Waals surface area contributed by atoms with Crippen LogP contribution in [-0.2, 0) is 9.47 Å². The number of carbonyl (C=O) groups excluding carboxylic acids is 1. The van der Waals surface area contributed by atoms with Crippen LogP contribution in [-0.4, -0.2) is 45.7 Å². The molecule has 0 saturated carbocycles. The van der Waals surface area contributed by atoms with Gasteiger partial charge in [-0.2, -0.15) is 5.10 Å². The van der Waals surface area contributed by atoms with Crippen LogP contribution >= 0.6 is 34.4 Å². The van der Waals surface area contributed by atoms with Crippen molar-refractivity contribution >= 4 is 51.4 Å². The molecule has 118 valence electrons. The highest BCUT2D eigenvalue weighted by atomic mass is 127. The largest absolute Gasteiger partial charge is 0.463 e. The maximum Gasteiger partial charge on any atom is 0.376 e. The standard InChI is InChI=1S/C13H15IN4O3S/c1-20-13(19)10-15-11-8(12(16-10)22-2)9(14)17-18(11)7-5-3-4-6-21-7/h7H,3-6H2,1-2H3. The van der Waals surface area contributed by atoms with Crippen molar-refractivity contribution in [1.29, 1.82) is 0 Å². The summed E-state index contributed by atoms with van der Waals surface area (Å²) >= 11 is 3.62. The van der Waals surface area contributed by atoms with E-state index in [0.717, 1.165) is 33.4 Å². The van der Waals surface area contributed by atoms with E-state index in [1.165, 1.54) is 18.9 Å². The van der Waals surface area contributed by atoms with Crippen LogP contribution in [0.5, 0.6) is 0 Å². The highest BCUT2D eigenvalue weighted by Crippen LogP contribution is 2.32. The lowest BCUT2D eigenvalue weighted by molar-refractivity contribution is -0.0372. The minimum Gasteiger partial charge on any atom is -0.463 e. The Balaban J connectivity index is 2.18. The summed E-state index contributed by atoms with van der Waals surface area (Å²) in [6, 6.07) is 0. The van der Waals surface area contributed by atoms with Crippen LogP contribution < -0.4 is 0 Å². The summed E-state index contributed by atoms with van der Waals surface area (Å²) in [7, 11) is 1.32. The number of aromatic nitrogens is 4. The third-order valence-corrected chi connectivity index (χ3v) is 4.90. The van der Waals surface area contributed by atoms with Crippen molar-refractivity contribution in [2.45, 2.75) is 30.5 Å². The Morgan fingerprint density at radius 3 is 2.91 bits per heavy atom. The van der Waals surface area contributed by atoms with Crippen LogP contribution in [0, 0.1) is 3.70 Å². The number of hydrogen-bond acceptors (Lipinski definition) is 7. The summed E-state index contributed by atoms with van der Waals surface area (Å²) in [6.07, 6.45) is 4.81. The predicted molar refractivity (Wildman–Crippen MR) is 90.0 cm³/mol. The number of nitrogens with zero attached hydrogens (tertiary/aromatic N) is 4. The van der Waals surface area contributed by atoms with E-state index in [9.17, 15) is 4.79 Å². The van der Waals surface area contributed by atoms with Gasteiger partial charge in [0.1, 0.15) is 8.73 Å². The second kappa shape index (κ2) is 6.67. The van der Waals surface area contributed by atoms with Crippen molar-refractivity contribution in [3.63, 3.8) is 0 Å². The normalized spacial score (nSPS) is 18.6. The maximum atomic E-state index is 11.8. The number of thioether (sulfide) groups is 1. The molecule has 2 aromatic rings. The molecule has 22 heavy (non-hydrogen) atoms. The van der Waals surface area contributed by atoms with Gasteiger partial charge in [-0.3, -0.25) is 0 Å². The molecule has 2 aromatic heterocycles. The topological polar surface area (TPSA) is 79.1 Å². The average molecular weight is 434 g/mol. The molecule has 1 aliphatic heterocycles. The van der Waals surface area contributed by atoms with Crippen LogP contribution in [0.15, 0.2) is 5.03 Å². The van der Waals surface area contributed by atoms with Crippen LogP contribution in [0.3, 0.4) is 0 Å². The summed E-state index contributed by atoms with van der Waals surface area (Å²) < 4.78 is 13.1. The first-order chi connectivity index (χ1) is 10.7. The first-order valence-corrected chi connectivity index (χ1v) is 9.15. The van der Waals surface area contributed by atoms with Gasteiger partial charge in [-0.1, -0.05) is 0 Å². The molecule has 0 N–H and O–H groups in total. The lowest BCUT2D eigenvalue weighted by atomic mass is 10.2. The molecule has 1 atom stereocenters. The van der Waals surface area contributed by atoms with Crippen molar-refractivity contribution in [3.8, 4) is 0 Å². The smallest absolute Gasteiger partial charge is 0.376 e. The van der Waals surface area contributed by atoms with Crippen LogP contribution in [0.2, 0.25) is 0 Å². The van der Waals surface area contributed by atoms with E-state index in [1.807, 2.05) is 6.26 Å². The van der Waals surface area contributed by atoms with Crippen molar-refractivity contribution in [2.75, 3.05) is 20.0 Å². The fraction of sp³-hybridized carbons (Fsp3) is 0.538. The van der Waals surface area contributed by atoms with E-state index in [2.05, 4.69) is 37.7 Å². The molecule has 3 rings (SSSR count). The van der Waals surface area contributed by atoms with E-state index in [1.54, 1.807) is 4.68 Å². The van der Waals surface area contributed by atoms with E-state index < -0.39 is 5.97 Å². The van der Waals surface area contributed by atoms with Crippen molar-refractivity contribution in [2.24, 2.45) is 0 Å². The van der Waals surface area contributed by atoms with Gasteiger partial charge in [-0.15, -0.1) is 11.8 Å². The molecule has 1 saturated heterocycles. The molecule has 0 aliphatic carbocycles. The van der Waals surface area contributed by atoms with Gasteiger partial charge in [-0.25, -0.2) is 19.4 Å². The highest BCUT2D eigenvalue weighted by Gasteiger charge is 2.25. The molecule has 0 spiro atoms. The van der Waals surface area contributed by atoms with Gasteiger partial charge >= 0.3 is 5.97 Å². The predicted octanol–water partition coefficient (Wildman–Crippen LogP) is 2.64. The lowest BCUT2D eigenvalue weighted by Crippen LogP contribution is -2.20. The van der Waals surface area contributed by atoms with E-state index in [-0.39, 0.29) is 12.1 Å². The Hall–Kier alpha value is -0.940. The summed E-state index contributed by atoms with van der Waals surface area (Å²) in [5.74, 6) is -0.503. The quantitative estimate of drug-likeness (QED) is 0.318. The molecular weight excluding hydrogens is 419 g/mol. The zero-order valence-electron chi connectivity index (χ0n) is 12.2. The molecule has 1 aliphatic rings. The minimum absolute atomic E-state index is 0.0488. The van der Waals surface area contributed by atoms with Crippen LogP contribution in [0.25, 0.3) is 11.0 Å². The van der Waals surface area contributed by atoms with E-state index in [0.29, 0.717) is 12.3 Å². The van der Waals surface area contributed by atoms with Gasteiger partial charge in [0.05, 0.1) is 12.5 Å². The first kappa shape index (κ1) is 15.9. The summed E-state index contributed by atoms with van der Waals surface area (Å²) in [4.78, 5) is 20.5. The summed E-state index contributed by atoms with van der Waals surface area (Å²) in [5.41, 5.74) is 0.621. The van der Waals surface area contributed by atoms with Crippen molar-refractivity contribution in [3.05, 3.63) is 9.53 Å². The highest BCUT2D eigenvalue weighted by molar-refractivity contribution is 14.1. The van der Waals surface area contributed by atoms with E-state index in [4.69, 9.17) is 9.47 Å². The Kier molecular flexibility index (Phi) is 4.83. The second-order valence-corrected chi connectivity index (χ2v) is 6.62. The zero-order valence-corrected chi connectivity index (χ0v) is 15.2. The summed E-state index contributed by atoms with van der Waals surface area (Å²) in [6.45, 7) is 0.715. The molecule has 7 nitrogen and oxygen atoms in total. The maximum absolute atomic E-state index is 11.8. The Morgan fingerprint density at radius 2 is 2.27 bits per heavy atom. The fourth-order valence-electron chi connectivity index (χ4n) is 2.41. The molecule has 9 heteroatoms. The fourth-order valence-corrected chi connectivity index (χ4v) is 3.90. The van der Waals surface area contributed by atoms with Gasteiger partial charge in [-0.05, 0) is 48.1 Å². The number of methoxy groups -OCH3 is 1. The van der Waals surface area contributed by atoms with Gasteiger partial charge < -0.3 is 9.47 Å². The number of ether oxygens (including phenoxy) is 2. The first-order valence-electron chi connectivity index (χ1n) is 6.85. The third kappa shape index (κ3) is 2.81. The SMILES string of the molecule is COC(=O)c1nc(SC)c2c(I)nn(C3CCCCO3)c2n1. The number of halogens is 1. The third-order valence-electron chi connectivity index (χ3n) is 3.47. The Labute approximate surface area is 145 Å². The molecule has 1 fully saturated rings. The molecular formula is C13H15IN4O3S. The lowest BCUT2D eigenvalue weighted by Gasteiger charge is -2.23. The Morgan fingerprint density at radius 1 is 1.45 bits per heavy atom. The molecule has 0 bridgehead atoms. The minimum atomic E-state index is -0.551. The van der Waals surface area contributed by atoms with Gasteiger partial charge in [0, 0.05) is 6.61 Å². The molecule has 0 radical (unpaired) electrons. The average Bonchev–Trinajstić information content (AvgIpc) is 2.91. The number of fused-ring (bicyclic) bond motifs is 1. The molecule has 3 heterocycles. The van der Waals surface area contributed by atoms with Crippen LogP contribution in [0.4, 0.5) is 0 Å². The number of carbonyl (C=O) groups is 1. The van der Waals surface area contributed by atoms with Crippen LogP contribution in [0.1, 0.15) is 36.1 Å². The molecule has 1 unspecified atom stereocenters. The Bertz CT molecular complexity index is 715. The number of hydrogen-bond donors (Lipinski definition) is 0. The van der Waals surface area contributed by atoms with Gasteiger partial charge in [0.15, 0.2) is 11.9 Å². The van der Waals surface area contributed by atoms with Gasteiger partial charge in [0.25, 0.3) is 0 Å². The number of rotatable bonds is 3. The number of esters is 1. The molecule has 0 aromatic carbocycles. The monoisotopic (exact) mass is 434 g/mol. The van der Waals surface area contributed by atoms with E-state index >= 15 is 0 Å².